The normalized spacial score (nSPS) is 10.3. The molecule has 0 saturated carbocycles. The van der Waals surface area contributed by atoms with Crippen molar-refractivity contribution in [2.45, 2.75) is 110 Å². The molecule has 0 aliphatic carbocycles. The van der Waals surface area contributed by atoms with Crippen LogP contribution in [0.3, 0.4) is 0 Å². The first-order chi connectivity index (χ1) is 9.77. The van der Waals surface area contributed by atoms with Crippen LogP contribution in [0, 0.1) is 0 Å². The summed E-state index contributed by atoms with van der Waals surface area (Å²) in [7, 11) is 0. The minimum Gasteiger partial charge on any atom is -0.481 e. The molecule has 0 spiro atoms. The molecule has 0 bridgehead atoms. The number of carboxylic acids is 1. The molecule has 0 fully saturated rings. The fraction of sp³-hybridized carbons (Fsp3) is 0.944. The van der Waals surface area contributed by atoms with Gasteiger partial charge in [-0.25, -0.2) is 0 Å². The van der Waals surface area contributed by atoms with Gasteiger partial charge in [0, 0.05) is 28.1 Å². The number of aliphatic carboxylic acids is 1. The summed E-state index contributed by atoms with van der Waals surface area (Å²) < 4.78 is 0. The average molecular weight is 332 g/mol. The Morgan fingerprint density at radius 1 is 0.619 bits per heavy atom. The predicted octanol–water partition coefficient (Wildman–Crippen LogP) is 6.33. The number of carbonyl (C=O) groups is 1. The van der Waals surface area contributed by atoms with Crippen LogP contribution in [0.15, 0.2) is 0 Å². The summed E-state index contributed by atoms with van der Waals surface area (Å²) in [5.41, 5.74) is 0. The van der Waals surface area contributed by atoms with Crippen molar-refractivity contribution in [3.05, 3.63) is 0 Å². The van der Waals surface area contributed by atoms with Crippen molar-refractivity contribution in [3.63, 3.8) is 0 Å². The van der Waals surface area contributed by atoms with Gasteiger partial charge in [0.25, 0.3) is 0 Å². The Bertz CT molecular complexity index is 207. The SMILES string of the molecule is CCCCCCCCCCCCCCCCCC(=O)O.[Ti]. The van der Waals surface area contributed by atoms with Crippen molar-refractivity contribution >= 4 is 5.97 Å². The third-order valence-electron chi connectivity index (χ3n) is 3.99. The van der Waals surface area contributed by atoms with Crippen molar-refractivity contribution < 1.29 is 31.6 Å². The van der Waals surface area contributed by atoms with Gasteiger partial charge >= 0.3 is 5.97 Å². The Kier molecular flexibility index (Phi) is 22.5. The molecule has 1 N–H and O–H groups in total. The second-order valence-electron chi connectivity index (χ2n) is 6.09. The number of unbranched alkanes of at least 4 members (excludes halogenated alkanes) is 14. The van der Waals surface area contributed by atoms with E-state index in [-0.39, 0.29) is 21.7 Å². The van der Waals surface area contributed by atoms with Crippen LogP contribution in [-0.4, -0.2) is 11.1 Å². The van der Waals surface area contributed by atoms with Gasteiger partial charge in [-0.05, 0) is 6.42 Å². The predicted molar refractivity (Wildman–Crippen MR) is 87.2 cm³/mol. The molecule has 0 rings (SSSR count). The van der Waals surface area contributed by atoms with E-state index in [9.17, 15) is 4.79 Å². The quantitative estimate of drug-likeness (QED) is 0.265. The van der Waals surface area contributed by atoms with E-state index in [1.165, 1.54) is 83.5 Å². The summed E-state index contributed by atoms with van der Waals surface area (Å²) in [6.07, 6.45) is 20.2. The second kappa shape index (κ2) is 20.2. The van der Waals surface area contributed by atoms with Crippen molar-refractivity contribution in [2.75, 3.05) is 0 Å². The van der Waals surface area contributed by atoms with E-state index in [2.05, 4.69) is 6.92 Å². The van der Waals surface area contributed by atoms with Crippen LogP contribution in [0.25, 0.3) is 0 Å². The Morgan fingerprint density at radius 3 is 1.19 bits per heavy atom. The molecule has 0 saturated heterocycles. The third kappa shape index (κ3) is 22.6. The van der Waals surface area contributed by atoms with Gasteiger partial charge in [-0.3, -0.25) is 4.79 Å². The summed E-state index contributed by atoms with van der Waals surface area (Å²) in [6, 6.07) is 0. The minimum atomic E-state index is -0.653. The van der Waals surface area contributed by atoms with Crippen molar-refractivity contribution in [3.8, 4) is 0 Å². The van der Waals surface area contributed by atoms with Crippen LogP contribution in [0.1, 0.15) is 110 Å². The fourth-order valence-corrected chi connectivity index (χ4v) is 2.65. The Morgan fingerprint density at radius 2 is 0.905 bits per heavy atom. The summed E-state index contributed by atoms with van der Waals surface area (Å²) >= 11 is 0. The molecule has 0 aliphatic rings. The van der Waals surface area contributed by atoms with Crippen molar-refractivity contribution in [1.29, 1.82) is 0 Å². The average Bonchev–Trinajstić information content (AvgIpc) is 2.43. The van der Waals surface area contributed by atoms with Gasteiger partial charge in [0.05, 0.1) is 0 Å². The maximum atomic E-state index is 10.3. The van der Waals surface area contributed by atoms with E-state index in [0.717, 1.165) is 12.8 Å². The van der Waals surface area contributed by atoms with Gasteiger partial charge in [-0.15, -0.1) is 0 Å². The van der Waals surface area contributed by atoms with Gasteiger partial charge in [0.1, 0.15) is 0 Å². The van der Waals surface area contributed by atoms with Gasteiger partial charge < -0.3 is 5.11 Å². The number of hydrogen-bond acceptors (Lipinski definition) is 1. The van der Waals surface area contributed by atoms with Crippen LogP contribution in [0.5, 0.6) is 0 Å². The first kappa shape index (κ1) is 23.5. The maximum Gasteiger partial charge on any atom is 0.303 e. The van der Waals surface area contributed by atoms with Crippen molar-refractivity contribution in [1.82, 2.24) is 0 Å². The molecule has 0 unspecified atom stereocenters. The molecule has 124 valence electrons. The number of hydrogen-bond donors (Lipinski definition) is 1. The Balaban J connectivity index is 0. The monoisotopic (exact) mass is 332 g/mol. The molecule has 2 nitrogen and oxygen atoms in total. The van der Waals surface area contributed by atoms with Gasteiger partial charge in [0.15, 0.2) is 0 Å². The van der Waals surface area contributed by atoms with Gasteiger partial charge in [-0.2, -0.15) is 0 Å². The molecule has 0 heterocycles. The maximum absolute atomic E-state index is 10.3. The van der Waals surface area contributed by atoms with E-state index >= 15 is 0 Å². The molecule has 0 aliphatic heterocycles. The molecule has 0 radical (unpaired) electrons. The van der Waals surface area contributed by atoms with E-state index in [0.29, 0.717) is 6.42 Å². The van der Waals surface area contributed by atoms with Gasteiger partial charge in [-0.1, -0.05) is 96.8 Å². The van der Waals surface area contributed by atoms with E-state index in [1.807, 2.05) is 0 Å². The molecule has 3 heteroatoms. The topological polar surface area (TPSA) is 37.3 Å². The zero-order valence-electron chi connectivity index (χ0n) is 14.2. The zero-order chi connectivity index (χ0) is 14.9. The van der Waals surface area contributed by atoms with Crippen LogP contribution < -0.4 is 0 Å². The van der Waals surface area contributed by atoms with Crippen LogP contribution in [-0.2, 0) is 26.5 Å². The summed E-state index contributed by atoms with van der Waals surface area (Å²) in [6.45, 7) is 2.27. The second-order valence-corrected chi connectivity index (χ2v) is 6.09. The summed E-state index contributed by atoms with van der Waals surface area (Å²) in [5.74, 6) is -0.653. The van der Waals surface area contributed by atoms with Crippen molar-refractivity contribution in [2.24, 2.45) is 0 Å². The van der Waals surface area contributed by atoms with Crippen LogP contribution in [0.2, 0.25) is 0 Å². The summed E-state index contributed by atoms with van der Waals surface area (Å²) in [5, 5.41) is 8.52. The first-order valence-corrected chi connectivity index (χ1v) is 8.99. The third-order valence-corrected chi connectivity index (χ3v) is 3.99. The molecule has 0 amide bonds. The van der Waals surface area contributed by atoms with Gasteiger partial charge in [0.2, 0.25) is 0 Å². The molecule has 0 aromatic rings. The Hall–Kier alpha value is 0.184. The molecule has 0 aromatic carbocycles. The zero-order valence-corrected chi connectivity index (χ0v) is 15.7. The molecule has 0 aromatic heterocycles. The smallest absolute Gasteiger partial charge is 0.303 e. The largest absolute Gasteiger partial charge is 0.481 e. The number of rotatable bonds is 16. The van der Waals surface area contributed by atoms with Crippen LogP contribution >= 0.6 is 0 Å². The number of carboxylic acid groups (broad SMARTS) is 1. The molecule has 21 heavy (non-hydrogen) atoms. The van der Waals surface area contributed by atoms with E-state index in [1.54, 1.807) is 0 Å². The van der Waals surface area contributed by atoms with E-state index < -0.39 is 5.97 Å². The minimum absolute atomic E-state index is 0. The molecular weight excluding hydrogens is 296 g/mol. The van der Waals surface area contributed by atoms with Crippen LogP contribution in [0.4, 0.5) is 0 Å². The fourth-order valence-electron chi connectivity index (χ4n) is 2.65. The Labute approximate surface area is 147 Å². The standard InChI is InChI=1S/C18H36O2.Ti/c1-2-3-4-5-6-7-8-9-10-11-12-13-14-15-16-17-18(19)20;/h2-17H2,1H3,(H,19,20);. The molecular formula is C18H36O2Ti. The molecule has 0 atom stereocenters. The van der Waals surface area contributed by atoms with E-state index in [4.69, 9.17) is 5.11 Å². The summed E-state index contributed by atoms with van der Waals surface area (Å²) in [4.78, 5) is 10.3. The first-order valence-electron chi connectivity index (χ1n) is 8.99.